The molecule has 2 rings (SSSR count). The van der Waals surface area contributed by atoms with E-state index in [1.54, 1.807) is 12.5 Å². The molecule has 1 atom stereocenters. The number of hydrogen-bond acceptors (Lipinski definition) is 2. The first-order valence-corrected chi connectivity index (χ1v) is 6.19. The van der Waals surface area contributed by atoms with E-state index in [0.717, 1.165) is 16.8 Å². The molecule has 2 aromatic heterocycles. The van der Waals surface area contributed by atoms with Gasteiger partial charge in [-0.05, 0) is 40.5 Å². The molecule has 1 unspecified atom stereocenters. The minimum atomic E-state index is -0.123. The Kier molecular flexibility index (Phi) is 3.66. The number of pyridine rings is 1. The number of aromatic nitrogens is 1. The minimum absolute atomic E-state index is 0.123. The Morgan fingerprint density at radius 3 is 2.94 bits per heavy atom. The summed E-state index contributed by atoms with van der Waals surface area (Å²) in [6, 6.07) is 5.84. The van der Waals surface area contributed by atoms with Gasteiger partial charge in [-0.25, -0.2) is 0 Å². The fourth-order valence-electron chi connectivity index (χ4n) is 1.54. The van der Waals surface area contributed by atoms with Crippen LogP contribution in [0.5, 0.6) is 0 Å². The van der Waals surface area contributed by atoms with Gasteiger partial charge in [-0.15, -0.1) is 11.6 Å². The highest BCUT2D eigenvalue weighted by Gasteiger charge is 2.15. The summed E-state index contributed by atoms with van der Waals surface area (Å²) in [5.41, 5.74) is 3.15. The molecule has 0 spiro atoms. The minimum Gasteiger partial charge on any atom is -0.457 e. The maximum absolute atomic E-state index is 6.33. The van der Waals surface area contributed by atoms with Crippen LogP contribution in [-0.2, 0) is 6.42 Å². The lowest BCUT2D eigenvalue weighted by Crippen LogP contribution is -1.99. The lowest BCUT2D eigenvalue weighted by Gasteiger charge is -2.09. The van der Waals surface area contributed by atoms with E-state index in [-0.39, 0.29) is 5.38 Å². The first kappa shape index (κ1) is 11.7. The molecular formula is C12H11BrClNO. The molecule has 0 bridgehead atoms. The molecule has 2 nitrogen and oxygen atoms in total. The summed E-state index contributed by atoms with van der Waals surface area (Å²) in [6.45, 7) is 2.04. The zero-order valence-corrected chi connectivity index (χ0v) is 11.1. The van der Waals surface area contributed by atoms with Gasteiger partial charge in [0.05, 0.1) is 11.6 Å². The standard InChI is InChI=1S/C12H11BrClNO/c1-8-3-2-5-15-11(8)7-10(14)9-4-6-16-12(9)13/h2-6,10H,7H2,1H3. The van der Waals surface area contributed by atoms with Gasteiger partial charge < -0.3 is 4.42 Å². The van der Waals surface area contributed by atoms with Crippen molar-refractivity contribution in [3.63, 3.8) is 0 Å². The Morgan fingerprint density at radius 1 is 1.50 bits per heavy atom. The number of rotatable bonds is 3. The topological polar surface area (TPSA) is 26.0 Å². The maximum atomic E-state index is 6.33. The molecule has 0 fully saturated rings. The summed E-state index contributed by atoms with van der Waals surface area (Å²) in [7, 11) is 0. The second kappa shape index (κ2) is 5.02. The van der Waals surface area contributed by atoms with Crippen LogP contribution in [0.4, 0.5) is 0 Å². The first-order chi connectivity index (χ1) is 7.68. The highest BCUT2D eigenvalue weighted by atomic mass is 79.9. The van der Waals surface area contributed by atoms with E-state index in [4.69, 9.17) is 16.0 Å². The average Bonchev–Trinajstić information content (AvgIpc) is 2.68. The van der Waals surface area contributed by atoms with Crippen LogP contribution in [0.15, 0.2) is 39.7 Å². The predicted octanol–water partition coefficient (Wildman–Crippen LogP) is 4.27. The smallest absolute Gasteiger partial charge is 0.173 e. The maximum Gasteiger partial charge on any atom is 0.173 e. The van der Waals surface area contributed by atoms with Crippen molar-refractivity contribution in [2.45, 2.75) is 18.7 Å². The van der Waals surface area contributed by atoms with Gasteiger partial charge in [0.15, 0.2) is 4.67 Å². The normalized spacial score (nSPS) is 12.7. The van der Waals surface area contributed by atoms with E-state index in [0.29, 0.717) is 11.1 Å². The Balaban J connectivity index is 2.17. The molecule has 0 aliphatic rings. The lowest BCUT2D eigenvalue weighted by molar-refractivity contribution is 0.536. The van der Waals surface area contributed by atoms with Crippen molar-refractivity contribution in [3.05, 3.63) is 52.1 Å². The average molecular weight is 301 g/mol. The SMILES string of the molecule is Cc1cccnc1CC(Cl)c1ccoc1Br. The molecule has 0 aromatic carbocycles. The van der Waals surface area contributed by atoms with E-state index in [1.807, 2.05) is 25.1 Å². The van der Waals surface area contributed by atoms with E-state index in [9.17, 15) is 0 Å². The van der Waals surface area contributed by atoms with E-state index in [1.165, 1.54) is 0 Å². The van der Waals surface area contributed by atoms with Crippen LogP contribution in [0.25, 0.3) is 0 Å². The number of alkyl halides is 1. The molecule has 84 valence electrons. The van der Waals surface area contributed by atoms with Gasteiger partial charge in [-0.3, -0.25) is 4.98 Å². The molecule has 0 radical (unpaired) electrons. The zero-order valence-electron chi connectivity index (χ0n) is 8.78. The molecule has 0 saturated heterocycles. The monoisotopic (exact) mass is 299 g/mol. The van der Waals surface area contributed by atoms with E-state index >= 15 is 0 Å². The summed E-state index contributed by atoms with van der Waals surface area (Å²) in [5.74, 6) is 0. The van der Waals surface area contributed by atoms with Gasteiger partial charge >= 0.3 is 0 Å². The quantitative estimate of drug-likeness (QED) is 0.791. The third-order valence-electron chi connectivity index (χ3n) is 2.47. The number of furan rings is 1. The Labute approximate surface area is 108 Å². The van der Waals surface area contributed by atoms with Crippen molar-refractivity contribution in [2.24, 2.45) is 0 Å². The van der Waals surface area contributed by atoms with Gasteiger partial charge in [0.1, 0.15) is 0 Å². The summed E-state index contributed by atoms with van der Waals surface area (Å²) < 4.78 is 5.86. The number of nitrogens with zero attached hydrogens (tertiary/aromatic N) is 1. The molecule has 0 N–H and O–H groups in total. The highest BCUT2D eigenvalue weighted by Crippen LogP contribution is 2.31. The number of aryl methyl sites for hydroxylation is 1. The predicted molar refractivity (Wildman–Crippen MR) is 67.7 cm³/mol. The molecule has 2 aromatic rings. The Hall–Kier alpha value is -0.800. The van der Waals surface area contributed by atoms with Crippen LogP contribution < -0.4 is 0 Å². The van der Waals surface area contributed by atoms with Crippen LogP contribution in [-0.4, -0.2) is 4.98 Å². The fourth-order valence-corrected chi connectivity index (χ4v) is 2.51. The van der Waals surface area contributed by atoms with Gasteiger partial charge in [0.25, 0.3) is 0 Å². The molecule has 0 aliphatic heterocycles. The summed E-state index contributed by atoms with van der Waals surface area (Å²) in [6.07, 6.45) is 4.11. The summed E-state index contributed by atoms with van der Waals surface area (Å²) in [4.78, 5) is 4.33. The lowest BCUT2D eigenvalue weighted by atomic mass is 10.1. The fraction of sp³-hybridized carbons (Fsp3) is 0.250. The van der Waals surface area contributed by atoms with Gasteiger partial charge in [0.2, 0.25) is 0 Å². The third-order valence-corrected chi connectivity index (χ3v) is 3.51. The zero-order chi connectivity index (χ0) is 11.5. The Bertz CT molecular complexity index is 483. The Morgan fingerprint density at radius 2 is 2.31 bits per heavy atom. The number of hydrogen-bond donors (Lipinski definition) is 0. The van der Waals surface area contributed by atoms with Crippen molar-refractivity contribution in [3.8, 4) is 0 Å². The molecular weight excluding hydrogens is 289 g/mol. The number of halogens is 2. The van der Waals surface area contributed by atoms with Crippen molar-refractivity contribution < 1.29 is 4.42 Å². The molecule has 2 heterocycles. The molecule has 0 saturated carbocycles. The van der Waals surface area contributed by atoms with E-state index in [2.05, 4.69) is 20.9 Å². The van der Waals surface area contributed by atoms with Crippen LogP contribution >= 0.6 is 27.5 Å². The second-order valence-electron chi connectivity index (χ2n) is 3.59. The van der Waals surface area contributed by atoms with Crippen molar-refractivity contribution >= 4 is 27.5 Å². The molecule has 0 amide bonds. The van der Waals surface area contributed by atoms with Gasteiger partial charge in [-0.2, -0.15) is 0 Å². The molecule has 16 heavy (non-hydrogen) atoms. The molecule has 4 heteroatoms. The summed E-state index contributed by atoms with van der Waals surface area (Å²) in [5, 5.41) is -0.123. The van der Waals surface area contributed by atoms with Gasteiger partial charge in [-0.1, -0.05) is 6.07 Å². The third kappa shape index (κ3) is 2.47. The van der Waals surface area contributed by atoms with Crippen LogP contribution in [0, 0.1) is 6.92 Å². The van der Waals surface area contributed by atoms with Crippen molar-refractivity contribution in [1.82, 2.24) is 4.98 Å². The van der Waals surface area contributed by atoms with Crippen molar-refractivity contribution in [1.29, 1.82) is 0 Å². The second-order valence-corrected chi connectivity index (χ2v) is 4.84. The highest BCUT2D eigenvalue weighted by molar-refractivity contribution is 9.10. The van der Waals surface area contributed by atoms with Crippen LogP contribution in [0.3, 0.4) is 0 Å². The van der Waals surface area contributed by atoms with Crippen molar-refractivity contribution in [2.75, 3.05) is 0 Å². The largest absolute Gasteiger partial charge is 0.457 e. The molecule has 0 aliphatic carbocycles. The van der Waals surface area contributed by atoms with Crippen LogP contribution in [0.1, 0.15) is 22.2 Å². The first-order valence-electron chi connectivity index (χ1n) is 4.96. The van der Waals surface area contributed by atoms with Crippen LogP contribution in [0.2, 0.25) is 0 Å². The van der Waals surface area contributed by atoms with Gasteiger partial charge in [0, 0.05) is 23.9 Å². The summed E-state index contributed by atoms with van der Waals surface area (Å²) >= 11 is 9.66. The van der Waals surface area contributed by atoms with E-state index < -0.39 is 0 Å².